The molecule has 4 nitrogen and oxygen atoms in total. The monoisotopic (exact) mass is 239 g/mol. The highest BCUT2D eigenvalue weighted by atomic mass is 16.5. The molecule has 3 rings (SSSR count). The van der Waals surface area contributed by atoms with E-state index in [1.54, 1.807) is 0 Å². The molecule has 3 heterocycles. The van der Waals surface area contributed by atoms with Crippen molar-refractivity contribution in [1.82, 2.24) is 4.90 Å². The molecule has 3 aliphatic heterocycles. The van der Waals surface area contributed by atoms with Gasteiger partial charge < -0.3 is 14.4 Å². The van der Waals surface area contributed by atoms with E-state index in [9.17, 15) is 4.79 Å². The number of hydrogen-bond donors (Lipinski definition) is 0. The first-order valence-corrected chi connectivity index (χ1v) is 6.76. The van der Waals surface area contributed by atoms with Crippen molar-refractivity contribution in [1.29, 1.82) is 0 Å². The molecule has 3 fully saturated rings. The summed E-state index contributed by atoms with van der Waals surface area (Å²) in [4.78, 5) is 14.3. The number of rotatable bonds is 1. The number of nitrogens with zero attached hydrogens (tertiary/aromatic N) is 1. The highest BCUT2D eigenvalue weighted by Crippen LogP contribution is 2.33. The summed E-state index contributed by atoms with van der Waals surface area (Å²) in [6.45, 7) is 5.19. The van der Waals surface area contributed by atoms with Gasteiger partial charge in [0, 0.05) is 19.7 Å². The Kier molecular flexibility index (Phi) is 3.09. The molecule has 0 bridgehead atoms. The van der Waals surface area contributed by atoms with Gasteiger partial charge in [-0.25, -0.2) is 0 Å². The predicted molar refractivity (Wildman–Crippen MR) is 62.6 cm³/mol. The van der Waals surface area contributed by atoms with E-state index >= 15 is 0 Å². The van der Waals surface area contributed by atoms with Gasteiger partial charge in [0.15, 0.2) is 0 Å². The van der Waals surface area contributed by atoms with Crippen molar-refractivity contribution in [2.24, 2.45) is 11.8 Å². The SMILES string of the molecule is C[C@@H]1C[C@@H]2CCN(C(=O)C3CCOC3)C[C@H]2O1. The Morgan fingerprint density at radius 3 is 3.00 bits per heavy atom. The van der Waals surface area contributed by atoms with Crippen LogP contribution in [0.5, 0.6) is 0 Å². The summed E-state index contributed by atoms with van der Waals surface area (Å²) in [5, 5.41) is 0. The minimum atomic E-state index is 0.102. The second-order valence-corrected chi connectivity index (χ2v) is 5.61. The van der Waals surface area contributed by atoms with E-state index in [4.69, 9.17) is 9.47 Å². The van der Waals surface area contributed by atoms with Crippen LogP contribution in [0.1, 0.15) is 26.2 Å². The molecule has 0 N–H and O–H groups in total. The van der Waals surface area contributed by atoms with Crippen LogP contribution in [-0.4, -0.2) is 49.3 Å². The van der Waals surface area contributed by atoms with Crippen LogP contribution in [0.25, 0.3) is 0 Å². The van der Waals surface area contributed by atoms with Gasteiger partial charge in [-0.2, -0.15) is 0 Å². The Morgan fingerprint density at radius 2 is 2.24 bits per heavy atom. The van der Waals surface area contributed by atoms with Crippen molar-refractivity contribution >= 4 is 5.91 Å². The Hall–Kier alpha value is -0.610. The third kappa shape index (κ3) is 2.20. The molecule has 1 unspecified atom stereocenters. The molecule has 0 aliphatic carbocycles. The van der Waals surface area contributed by atoms with Crippen LogP contribution in [0.3, 0.4) is 0 Å². The summed E-state index contributed by atoms with van der Waals surface area (Å²) in [6.07, 6.45) is 3.81. The fourth-order valence-corrected chi connectivity index (χ4v) is 3.36. The fraction of sp³-hybridized carbons (Fsp3) is 0.923. The minimum Gasteiger partial charge on any atom is -0.381 e. The lowest BCUT2D eigenvalue weighted by Gasteiger charge is -2.35. The maximum Gasteiger partial charge on any atom is 0.228 e. The summed E-state index contributed by atoms with van der Waals surface area (Å²) >= 11 is 0. The summed E-state index contributed by atoms with van der Waals surface area (Å²) in [6, 6.07) is 0. The first kappa shape index (κ1) is 11.5. The van der Waals surface area contributed by atoms with Crippen LogP contribution in [-0.2, 0) is 14.3 Å². The Balaban J connectivity index is 1.60. The molecule has 0 aromatic rings. The van der Waals surface area contributed by atoms with Crippen molar-refractivity contribution in [3.8, 4) is 0 Å². The fourth-order valence-electron chi connectivity index (χ4n) is 3.36. The standard InChI is InChI=1S/C13H21NO3/c1-9-6-10-2-4-14(7-12(10)17-9)13(15)11-3-5-16-8-11/h9-12H,2-8H2,1H3/t9-,10+,11?,12-/m1/s1. The lowest BCUT2D eigenvalue weighted by atomic mass is 9.91. The summed E-state index contributed by atoms with van der Waals surface area (Å²) < 4.78 is 11.2. The van der Waals surface area contributed by atoms with E-state index in [-0.39, 0.29) is 17.9 Å². The first-order valence-electron chi connectivity index (χ1n) is 6.76. The van der Waals surface area contributed by atoms with Gasteiger partial charge in [0.1, 0.15) is 0 Å². The molecule has 4 heteroatoms. The number of carbonyl (C=O) groups excluding carboxylic acids is 1. The van der Waals surface area contributed by atoms with Crippen molar-refractivity contribution < 1.29 is 14.3 Å². The Labute approximate surface area is 102 Å². The van der Waals surface area contributed by atoms with Crippen LogP contribution in [0.2, 0.25) is 0 Å². The van der Waals surface area contributed by atoms with Gasteiger partial charge in [-0.1, -0.05) is 0 Å². The largest absolute Gasteiger partial charge is 0.381 e. The van der Waals surface area contributed by atoms with Crippen molar-refractivity contribution in [2.45, 2.75) is 38.4 Å². The van der Waals surface area contributed by atoms with Crippen LogP contribution in [0.15, 0.2) is 0 Å². The molecule has 4 atom stereocenters. The number of amides is 1. The van der Waals surface area contributed by atoms with Crippen molar-refractivity contribution in [3.05, 3.63) is 0 Å². The molecule has 0 aromatic carbocycles. The molecule has 3 saturated heterocycles. The van der Waals surface area contributed by atoms with Crippen molar-refractivity contribution in [2.75, 3.05) is 26.3 Å². The molecule has 17 heavy (non-hydrogen) atoms. The molecule has 0 aromatic heterocycles. The number of fused-ring (bicyclic) bond motifs is 1. The van der Waals surface area contributed by atoms with Crippen LogP contribution in [0, 0.1) is 11.8 Å². The minimum absolute atomic E-state index is 0.102. The molecule has 96 valence electrons. The highest BCUT2D eigenvalue weighted by molar-refractivity contribution is 5.79. The van der Waals surface area contributed by atoms with Gasteiger partial charge in [0.2, 0.25) is 5.91 Å². The van der Waals surface area contributed by atoms with Crippen LogP contribution >= 0.6 is 0 Å². The number of likely N-dealkylation sites (tertiary alicyclic amines) is 1. The van der Waals surface area contributed by atoms with Gasteiger partial charge in [-0.05, 0) is 32.1 Å². The van der Waals surface area contributed by atoms with Gasteiger partial charge in [0.05, 0.1) is 24.7 Å². The summed E-state index contributed by atoms with van der Waals surface area (Å²) in [5.41, 5.74) is 0. The first-order chi connectivity index (χ1) is 8.24. The summed E-state index contributed by atoms with van der Waals surface area (Å²) in [7, 11) is 0. The van der Waals surface area contributed by atoms with E-state index in [1.807, 2.05) is 4.90 Å². The molecule has 1 amide bonds. The number of hydrogen-bond acceptors (Lipinski definition) is 3. The van der Waals surface area contributed by atoms with Crippen molar-refractivity contribution in [3.63, 3.8) is 0 Å². The quantitative estimate of drug-likeness (QED) is 0.686. The maximum atomic E-state index is 12.3. The molecule has 0 spiro atoms. The summed E-state index contributed by atoms with van der Waals surface area (Å²) in [5.74, 6) is 1.06. The number of ether oxygens (including phenoxy) is 2. The second kappa shape index (κ2) is 4.58. The molecule has 0 saturated carbocycles. The highest BCUT2D eigenvalue weighted by Gasteiger charge is 2.40. The van der Waals surface area contributed by atoms with E-state index in [0.717, 1.165) is 32.5 Å². The van der Waals surface area contributed by atoms with Crippen LogP contribution in [0.4, 0.5) is 0 Å². The normalized spacial score (nSPS) is 41.6. The lowest BCUT2D eigenvalue weighted by molar-refractivity contribution is -0.139. The van der Waals surface area contributed by atoms with E-state index in [1.165, 1.54) is 6.42 Å². The zero-order chi connectivity index (χ0) is 11.8. The predicted octanol–water partition coefficient (Wildman–Crippen LogP) is 1.05. The van der Waals surface area contributed by atoms with Gasteiger partial charge in [-0.15, -0.1) is 0 Å². The zero-order valence-electron chi connectivity index (χ0n) is 10.4. The average Bonchev–Trinajstić information content (AvgIpc) is 2.94. The zero-order valence-corrected chi connectivity index (χ0v) is 10.4. The molecular weight excluding hydrogens is 218 g/mol. The third-order valence-corrected chi connectivity index (χ3v) is 4.33. The average molecular weight is 239 g/mol. The van der Waals surface area contributed by atoms with Gasteiger partial charge in [-0.3, -0.25) is 4.79 Å². The molecule has 0 radical (unpaired) electrons. The van der Waals surface area contributed by atoms with Gasteiger partial charge >= 0.3 is 0 Å². The van der Waals surface area contributed by atoms with E-state index in [2.05, 4.69) is 6.92 Å². The second-order valence-electron chi connectivity index (χ2n) is 5.61. The van der Waals surface area contributed by atoms with E-state index < -0.39 is 0 Å². The Morgan fingerprint density at radius 1 is 1.35 bits per heavy atom. The lowest BCUT2D eigenvalue weighted by Crippen LogP contribution is -2.47. The Bertz CT molecular complexity index is 301. The number of piperidine rings is 1. The molecule has 3 aliphatic rings. The third-order valence-electron chi connectivity index (χ3n) is 4.33. The maximum absolute atomic E-state index is 12.3. The van der Waals surface area contributed by atoms with E-state index in [0.29, 0.717) is 18.6 Å². The molecular formula is C13H21NO3. The smallest absolute Gasteiger partial charge is 0.228 e. The number of carbonyl (C=O) groups is 1. The van der Waals surface area contributed by atoms with Crippen LogP contribution < -0.4 is 0 Å². The topological polar surface area (TPSA) is 38.8 Å². The van der Waals surface area contributed by atoms with Gasteiger partial charge in [0.25, 0.3) is 0 Å².